The van der Waals surface area contributed by atoms with Crippen molar-refractivity contribution in [2.75, 3.05) is 13.2 Å². The smallest absolute Gasteiger partial charge is 0.0588 e. The molecular weight excluding hydrogens is 232 g/mol. The van der Waals surface area contributed by atoms with Gasteiger partial charge < -0.3 is 4.74 Å². The van der Waals surface area contributed by atoms with E-state index in [1.54, 1.807) is 0 Å². The quantitative estimate of drug-likeness (QED) is 0.540. The van der Waals surface area contributed by atoms with Crippen molar-refractivity contribution >= 4 is 24.7 Å². The van der Waals surface area contributed by atoms with Crippen molar-refractivity contribution in [2.45, 2.75) is 43.7 Å². The molecule has 0 aromatic rings. The fraction of sp³-hybridized carbons (Fsp3) is 1.00. The molecule has 0 aliphatic heterocycles. The van der Waals surface area contributed by atoms with Gasteiger partial charge in [0.1, 0.15) is 0 Å². The Morgan fingerprint density at radius 3 is 2.25 bits per heavy atom. The Kier molecular flexibility index (Phi) is 5.70. The van der Waals surface area contributed by atoms with E-state index >= 15 is 0 Å². The molecule has 0 spiro atoms. The third-order valence-corrected chi connectivity index (χ3v) is 5.94. The molecule has 1 atom stereocenters. The van der Waals surface area contributed by atoms with Crippen LogP contribution >= 0.6 is 15.9 Å². The molecule has 0 rings (SSSR count). The van der Waals surface area contributed by atoms with Crippen LogP contribution in [0.1, 0.15) is 20.8 Å². The van der Waals surface area contributed by atoms with Crippen LogP contribution in [0.3, 0.4) is 0 Å². The van der Waals surface area contributed by atoms with E-state index in [1.807, 2.05) is 0 Å². The lowest BCUT2D eigenvalue weighted by molar-refractivity contribution is 0.118. The van der Waals surface area contributed by atoms with Gasteiger partial charge in [0.05, 0.1) is 6.61 Å². The summed E-state index contributed by atoms with van der Waals surface area (Å²) in [5, 5.41) is 0.432. The minimum absolute atomic E-state index is 0.432. The largest absolute Gasteiger partial charge is 0.380 e. The van der Waals surface area contributed by atoms with Crippen LogP contribution in [0.25, 0.3) is 0 Å². The van der Waals surface area contributed by atoms with E-state index in [2.05, 4.69) is 49.8 Å². The second kappa shape index (κ2) is 5.40. The minimum Gasteiger partial charge on any atom is -0.380 e. The molecule has 0 saturated heterocycles. The Hall–Kier alpha value is 0.657. The highest BCUT2D eigenvalue weighted by atomic mass is 79.9. The van der Waals surface area contributed by atoms with Crippen molar-refractivity contribution in [3.63, 3.8) is 0 Å². The molecule has 0 fully saturated rings. The first-order valence-electron chi connectivity index (χ1n) is 4.58. The van der Waals surface area contributed by atoms with Crippen LogP contribution < -0.4 is 0 Å². The Bertz CT molecular complexity index is 124. The summed E-state index contributed by atoms with van der Waals surface area (Å²) in [5.41, 5.74) is 0. The average Bonchev–Trinajstić information content (AvgIpc) is 1.85. The molecule has 0 aromatic heterocycles. The summed E-state index contributed by atoms with van der Waals surface area (Å²) < 4.78 is 5.61. The summed E-state index contributed by atoms with van der Waals surface area (Å²) in [7, 11) is -0.583. The molecule has 0 aliphatic rings. The molecule has 1 unspecified atom stereocenters. The van der Waals surface area contributed by atoms with Crippen LogP contribution in [0.4, 0.5) is 0 Å². The first kappa shape index (κ1) is 12.7. The van der Waals surface area contributed by atoms with E-state index in [0.29, 0.717) is 9.87 Å². The summed E-state index contributed by atoms with van der Waals surface area (Å²) in [6.07, 6.45) is 0. The number of alkyl halides is 1. The summed E-state index contributed by atoms with van der Waals surface area (Å²) in [6, 6.07) is 0. The maximum Gasteiger partial charge on any atom is 0.0588 e. The number of halogens is 1. The lowest BCUT2D eigenvalue weighted by Crippen LogP contribution is -2.27. The van der Waals surface area contributed by atoms with Gasteiger partial charge in [0.25, 0.3) is 0 Å². The molecule has 74 valence electrons. The van der Waals surface area contributed by atoms with Crippen LogP contribution in [0.5, 0.6) is 0 Å². The van der Waals surface area contributed by atoms with Crippen molar-refractivity contribution in [3.8, 4) is 0 Å². The molecule has 0 aromatic carbocycles. The van der Waals surface area contributed by atoms with Gasteiger partial charge in [-0.2, -0.15) is 0 Å². The molecule has 0 aliphatic carbocycles. The lowest BCUT2D eigenvalue weighted by Gasteiger charge is -2.28. The van der Waals surface area contributed by atoms with Gasteiger partial charge in [-0.05, 0) is 5.04 Å². The molecule has 0 bridgehead atoms. The third kappa shape index (κ3) is 5.33. The standard InChI is InChI=1S/C9H21BrOSi/c1-8(10)6-11-7-9(2,3)12(4)5/h8,12H,6-7H2,1-5H3. The van der Waals surface area contributed by atoms with E-state index in [-0.39, 0.29) is 0 Å². The van der Waals surface area contributed by atoms with Gasteiger partial charge in [0.15, 0.2) is 0 Å². The van der Waals surface area contributed by atoms with E-state index in [9.17, 15) is 0 Å². The van der Waals surface area contributed by atoms with Crippen molar-refractivity contribution in [2.24, 2.45) is 0 Å². The van der Waals surface area contributed by atoms with Gasteiger partial charge in [-0.3, -0.25) is 0 Å². The topological polar surface area (TPSA) is 9.23 Å². The predicted octanol–water partition coefficient (Wildman–Crippen LogP) is 3.05. The summed E-state index contributed by atoms with van der Waals surface area (Å²) in [4.78, 5) is 0.474. The summed E-state index contributed by atoms with van der Waals surface area (Å²) >= 11 is 3.47. The molecule has 0 N–H and O–H groups in total. The molecule has 3 heteroatoms. The molecule has 0 radical (unpaired) electrons. The molecule has 0 saturated carbocycles. The second-order valence-electron chi connectivity index (χ2n) is 4.44. The van der Waals surface area contributed by atoms with Crippen molar-refractivity contribution < 1.29 is 4.74 Å². The summed E-state index contributed by atoms with van der Waals surface area (Å²) in [5.74, 6) is 0. The van der Waals surface area contributed by atoms with Crippen molar-refractivity contribution in [1.82, 2.24) is 0 Å². The van der Waals surface area contributed by atoms with Crippen LogP contribution in [-0.2, 0) is 4.74 Å². The monoisotopic (exact) mass is 252 g/mol. The average molecular weight is 253 g/mol. The fourth-order valence-corrected chi connectivity index (χ4v) is 1.29. The molecule has 0 heterocycles. The van der Waals surface area contributed by atoms with Gasteiger partial charge in [-0.25, -0.2) is 0 Å². The molecule has 1 nitrogen and oxygen atoms in total. The first-order chi connectivity index (χ1) is 5.36. The van der Waals surface area contributed by atoms with Gasteiger partial charge in [-0.1, -0.05) is 49.8 Å². The number of hydrogen-bond acceptors (Lipinski definition) is 1. The molecular formula is C9H21BrOSi. The van der Waals surface area contributed by atoms with E-state index < -0.39 is 8.80 Å². The normalized spacial score (nSPS) is 15.2. The Morgan fingerprint density at radius 2 is 1.92 bits per heavy atom. The lowest BCUT2D eigenvalue weighted by atomic mass is 10.2. The van der Waals surface area contributed by atoms with Crippen molar-refractivity contribution in [3.05, 3.63) is 0 Å². The summed E-state index contributed by atoms with van der Waals surface area (Å²) in [6.45, 7) is 13.2. The Morgan fingerprint density at radius 1 is 1.42 bits per heavy atom. The Balaban J connectivity index is 3.61. The highest BCUT2D eigenvalue weighted by molar-refractivity contribution is 9.09. The van der Waals surface area contributed by atoms with Crippen molar-refractivity contribution in [1.29, 1.82) is 0 Å². The fourth-order valence-electron chi connectivity index (χ4n) is 0.651. The maximum atomic E-state index is 5.61. The third-order valence-electron chi connectivity index (χ3n) is 2.38. The van der Waals surface area contributed by atoms with Gasteiger partial charge >= 0.3 is 0 Å². The van der Waals surface area contributed by atoms with Crippen LogP contribution in [0.15, 0.2) is 0 Å². The number of rotatable bonds is 5. The van der Waals surface area contributed by atoms with E-state index in [0.717, 1.165) is 13.2 Å². The minimum atomic E-state index is -0.583. The van der Waals surface area contributed by atoms with Crippen LogP contribution in [-0.4, -0.2) is 26.8 Å². The highest BCUT2D eigenvalue weighted by Gasteiger charge is 2.23. The predicted molar refractivity (Wildman–Crippen MR) is 62.1 cm³/mol. The highest BCUT2D eigenvalue weighted by Crippen LogP contribution is 2.28. The zero-order chi connectivity index (χ0) is 9.78. The Labute approximate surface area is 86.6 Å². The maximum absolute atomic E-state index is 5.61. The molecule has 0 amide bonds. The second-order valence-corrected chi connectivity index (χ2v) is 9.87. The zero-order valence-corrected chi connectivity index (χ0v) is 11.6. The van der Waals surface area contributed by atoms with Gasteiger partial charge in [-0.15, -0.1) is 0 Å². The van der Waals surface area contributed by atoms with Crippen LogP contribution in [0.2, 0.25) is 18.1 Å². The van der Waals surface area contributed by atoms with E-state index in [4.69, 9.17) is 4.74 Å². The number of ether oxygens (including phenoxy) is 1. The first-order valence-corrected chi connectivity index (χ1v) is 8.38. The van der Waals surface area contributed by atoms with Gasteiger partial charge in [0.2, 0.25) is 0 Å². The van der Waals surface area contributed by atoms with Crippen LogP contribution in [0, 0.1) is 0 Å². The zero-order valence-electron chi connectivity index (χ0n) is 8.86. The number of hydrogen-bond donors (Lipinski definition) is 0. The SMILES string of the molecule is CC(Br)COCC(C)(C)[SiH](C)C. The van der Waals surface area contributed by atoms with E-state index in [1.165, 1.54) is 0 Å². The molecule has 12 heavy (non-hydrogen) atoms. The van der Waals surface area contributed by atoms with Gasteiger partial charge in [0, 0.05) is 20.2 Å².